The van der Waals surface area contributed by atoms with Crippen LogP contribution in [0.2, 0.25) is 0 Å². The van der Waals surface area contributed by atoms with Gasteiger partial charge in [0.2, 0.25) is 0 Å². The molecular formula is C15H14N4O2. The Balaban J connectivity index is 2.34. The van der Waals surface area contributed by atoms with Crippen LogP contribution in [-0.4, -0.2) is 16.5 Å². The van der Waals surface area contributed by atoms with Crippen molar-refractivity contribution in [3.05, 3.63) is 64.0 Å². The van der Waals surface area contributed by atoms with Gasteiger partial charge in [-0.25, -0.2) is 0 Å². The van der Waals surface area contributed by atoms with Gasteiger partial charge < -0.3 is 4.90 Å². The van der Waals surface area contributed by atoms with Gasteiger partial charge in [0.15, 0.2) is 0 Å². The molecule has 2 aromatic rings. The van der Waals surface area contributed by atoms with E-state index in [4.69, 9.17) is 0 Å². The molecule has 1 heterocycles. The van der Waals surface area contributed by atoms with Gasteiger partial charge in [0.05, 0.1) is 16.2 Å². The maximum absolute atomic E-state index is 10.8. The summed E-state index contributed by atoms with van der Waals surface area (Å²) in [7, 11) is 0. The molecule has 0 bridgehead atoms. The molecule has 106 valence electrons. The summed E-state index contributed by atoms with van der Waals surface area (Å²) in [5.41, 5.74) is 1.99. The van der Waals surface area contributed by atoms with Gasteiger partial charge in [-0.1, -0.05) is 0 Å². The van der Waals surface area contributed by atoms with Crippen molar-refractivity contribution in [3.8, 4) is 6.07 Å². The standard InChI is InChI=1S/C15H14N4O2/c1-2-18(11-12-5-7-17-8-6-12)15-4-3-14(19(20)21)9-13(15)10-16/h3-9H,2,11H2,1H3. The number of benzene rings is 1. The van der Waals surface area contributed by atoms with E-state index in [0.717, 1.165) is 5.56 Å². The first kappa shape index (κ1) is 14.5. The smallest absolute Gasteiger partial charge is 0.270 e. The minimum absolute atomic E-state index is 0.0738. The molecular weight excluding hydrogens is 268 g/mol. The Morgan fingerprint density at radius 3 is 2.62 bits per heavy atom. The summed E-state index contributed by atoms with van der Waals surface area (Å²) in [6, 6.07) is 10.2. The van der Waals surface area contributed by atoms with Crippen molar-refractivity contribution < 1.29 is 4.92 Å². The summed E-state index contributed by atoms with van der Waals surface area (Å²) < 4.78 is 0. The third-order valence-electron chi connectivity index (χ3n) is 3.16. The molecule has 0 aliphatic heterocycles. The third kappa shape index (κ3) is 3.34. The van der Waals surface area contributed by atoms with Crippen molar-refractivity contribution in [2.75, 3.05) is 11.4 Å². The van der Waals surface area contributed by atoms with Crippen LogP contribution in [-0.2, 0) is 6.54 Å². The topological polar surface area (TPSA) is 83.1 Å². The fraction of sp³-hybridized carbons (Fsp3) is 0.200. The van der Waals surface area contributed by atoms with Crippen molar-refractivity contribution in [2.45, 2.75) is 13.5 Å². The van der Waals surface area contributed by atoms with E-state index in [0.29, 0.717) is 24.3 Å². The van der Waals surface area contributed by atoms with Crippen molar-refractivity contribution in [1.82, 2.24) is 4.98 Å². The maximum Gasteiger partial charge on any atom is 0.270 e. The van der Waals surface area contributed by atoms with Gasteiger partial charge in [0.25, 0.3) is 5.69 Å². The Morgan fingerprint density at radius 2 is 2.05 bits per heavy atom. The van der Waals surface area contributed by atoms with Crippen LogP contribution >= 0.6 is 0 Å². The predicted octanol–water partition coefficient (Wildman–Crippen LogP) is 2.89. The van der Waals surface area contributed by atoms with E-state index in [1.807, 2.05) is 30.0 Å². The molecule has 0 aliphatic carbocycles. The Bertz CT molecular complexity index is 680. The quantitative estimate of drug-likeness (QED) is 0.622. The predicted molar refractivity (Wildman–Crippen MR) is 78.8 cm³/mol. The average molecular weight is 282 g/mol. The highest BCUT2D eigenvalue weighted by Gasteiger charge is 2.15. The van der Waals surface area contributed by atoms with Crippen LogP contribution in [0, 0.1) is 21.4 Å². The Hall–Kier alpha value is -2.94. The largest absolute Gasteiger partial charge is 0.366 e. The first-order chi connectivity index (χ1) is 10.2. The van der Waals surface area contributed by atoms with Crippen LogP contribution in [0.4, 0.5) is 11.4 Å². The fourth-order valence-electron chi connectivity index (χ4n) is 2.08. The number of nitro groups is 1. The average Bonchev–Trinajstić information content (AvgIpc) is 2.53. The van der Waals surface area contributed by atoms with Gasteiger partial charge in [-0.15, -0.1) is 0 Å². The van der Waals surface area contributed by atoms with Gasteiger partial charge in [-0.3, -0.25) is 15.1 Å². The van der Waals surface area contributed by atoms with E-state index in [2.05, 4.69) is 4.98 Å². The monoisotopic (exact) mass is 282 g/mol. The summed E-state index contributed by atoms with van der Waals surface area (Å²) in [6.07, 6.45) is 3.43. The second-order valence-corrected chi connectivity index (χ2v) is 4.44. The van der Waals surface area contributed by atoms with Crippen LogP contribution in [0.1, 0.15) is 18.1 Å². The molecule has 0 aliphatic rings. The second-order valence-electron chi connectivity index (χ2n) is 4.44. The summed E-state index contributed by atoms with van der Waals surface area (Å²) in [6.45, 7) is 3.28. The lowest BCUT2D eigenvalue weighted by atomic mass is 10.1. The van der Waals surface area contributed by atoms with Crippen LogP contribution in [0.3, 0.4) is 0 Å². The summed E-state index contributed by atoms with van der Waals surface area (Å²) in [5, 5.41) is 20.0. The molecule has 0 amide bonds. The number of nitro benzene ring substituents is 1. The second kappa shape index (κ2) is 6.48. The third-order valence-corrected chi connectivity index (χ3v) is 3.16. The maximum atomic E-state index is 10.8. The van der Waals surface area contributed by atoms with E-state index < -0.39 is 4.92 Å². The fourth-order valence-corrected chi connectivity index (χ4v) is 2.08. The molecule has 0 saturated carbocycles. The zero-order valence-corrected chi connectivity index (χ0v) is 11.6. The van der Waals surface area contributed by atoms with Gasteiger partial charge in [0.1, 0.15) is 6.07 Å². The van der Waals surface area contributed by atoms with E-state index in [9.17, 15) is 15.4 Å². The Morgan fingerprint density at radius 1 is 1.33 bits per heavy atom. The van der Waals surface area contributed by atoms with E-state index in [1.165, 1.54) is 12.1 Å². The molecule has 6 nitrogen and oxygen atoms in total. The Labute approximate surface area is 122 Å². The molecule has 2 rings (SSSR count). The molecule has 21 heavy (non-hydrogen) atoms. The van der Waals surface area contributed by atoms with E-state index in [-0.39, 0.29) is 5.69 Å². The van der Waals surface area contributed by atoms with E-state index in [1.54, 1.807) is 18.5 Å². The van der Waals surface area contributed by atoms with Crippen molar-refractivity contribution >= 4 is 11.4 Å². The number of anilines is 1. The van der Waals surface area contributed by atoms with Crippen LogP contribution < -0.4 is 4.90 Å². The minimum Gasteiger partial charge on any atom is -0.366 e. The van der Waals surface area contributed by atoms with Gasteiger partial charge >= 0.3 is 0 Å². The van der Waals surface area contributed by atoms with Crippen LogP contribution in [0.5, 0.6) is 0 Å². The van der Waals surface area contributed by atoms with Crippen molar-refractivity contribution in [2.24, 2.45) is 0 Å². The normalized spacial score (nSPS) is 9.90. The SMILES string of the molecule is CCN(Cc1ccncc1)c1ccc([N+](=O)[O-])cc1C#N. The molecule has 0 radical (unpaired) electrons. The number of non-ortho nitro benzene ring substituents is 1. The first-order valence-electron chi connectivity index (χ1n) is 6.48. The molecule has 0 spiro atoms. The molecule has 6 heteroatoms. The Kier molecular flexibility index (Phi) is 4.46. The summed E-state index contributed by atoms with van der Waals surface area (Å²) in [5.74, 6) is 0. The number of nitriles is 1. The zero-order chi connectivity index (χ0) is 15.2. The molecule has 1 aromatic carbocycles. The number of hydrogen-bond donors (Lipinski definition) is 0. The molecule has 0 saturated heterocycles. The highest BCUT2D eigenvalue weighted by Crippen LogP contribution is 2.26. The number of aromatic nitrogens is 1. The lowest BCUT2D eigenvalue weighted by molar-refractivity contribution is -0.384. The molecule has 0 unspecified atom stereocenters. The van der Waals surface area contributed by atoms with Crippen molar-refractivity contribution in [1.29, 1.82) is 5.26 Å². The number of rotatable bonds is 5. The molecule has 0 N–H and O–H groups in total. The molecule has 1 aromatic heterocycles. The molecule has 0 atom stereocenters. The minimum atomic E-state index is -0.496. The van der Waals surface area contributed by atoms with Gasteiger partial charge in [-0.05, 0) is 30.7 Å². The number of pyridine rings is 1. The lowest BCUT2D eigenvalue weighted by Gasteiger charge is -2.24. The molecule has 0 fully saturated rings. The first-order valence-corrected chi connectivity index (χ1v) is 6.48. The zero-order valence-electron chi connectivity index (χ0n) is 11.6. The van der Waals surface area contributed by atoms with Gasteiger partial charge in [0, 0.05) is 37.6 Å². The highest BCUT2D eigenvalue weighted by atomic mass is 16.6. The lowest BCUT2D eigenvalue weighted by Crippen LogP contribution is -2.23. The van der Waals surface area contributed by atoms with Crippen LogP contribution in [0.25, 0.3) is 0 Å². The van der Waals surface area contributed by atoms with Gasteiger partial charge in [-0.2, -0.15) is 5.26 Å². The highest BCUT2D eigenvalue weighted by molar-refractivity contribution is 5.63. The number of hydrogen-bond acceptors (Lipinski definition) is 5. The summed E-state index contributed by atoms with van der Waals surface area (Å²) >= 11 is 0. The van der Waals surface area contributed by atoms with Crippen molar-refractivity contribution in [3.63, 3.8) is 0 Å². The van der Waals surface area contributed by atoms with E-state index >= 15 is 0 Å². The van der Waals surface area contributed by atoms with Crippen LogP contribution in [0.15, 0.2) is 42.7 Å². The summed E-state index contributed by atoms with van der Waals surface area (Å²) in [4.78, 5) is 16.3. The number of nitrogens with zero attached hydrogens (tertiary/aromatic N) is 4.